The van der Waals surface area contributed by atoms with E-state index in [1.807, 2.05) is 13.0 Å². The van der Waals surface area contributed by atoms with Crippen molar-refractivity contribution in [2.45, 2.75) is 69.7 Å². The van der Waals surface area contributed by atoms with Gasteiger partial charge in [-0.25, -0.2) is 9.37 Å². The molecule has 37 heavy (non-hydrogen) atoms. The van der Waals surface area contributed by atoms with Crippen LogP contribution in [0.5, 0.6) is 0 Å². The molecule has 3 aromatic heterocycles. The van der Waals surface area contributed by atoms with Crippen LogP contribution in [0.25, 0.3) is 21.5 Å². The topological polar surface area (TPSA) is 81.3 Å². The second kappa shape index (κ2) is 8.83. The lowest BCUT2D eigenvalue weighted by Gasteiger charge is -2.41. The van der Waals surface area contributed by atoms with E-state index < -0.39 is 5.60 Å². The molecule has 0 saturated heterocycles. The van der Waals surface area contributed by atoms with Crippen LogP contribution in [-0.2, 0) is 16.9 Å². The molecule has 2 bridgehead atoms. The molecule has 1 N–H and O–H groups in total. The summed E-state index contributed by atoms with van der Waals surface area (Å²) in [6, 6.07) is 4.98. The number of thiazole rings is 1. The first-order valence-electron chi connectivity index (χ1n) is 12.9. The van der Waals surface area contributed by atoms with Gasteiger partial charge in [-0.2, -0.15) is 0 Å². The summed E-state index contributed by atoms with van der Waals surface area (Å²) < 4.78 is 27.4. The number of aliphatic hydroxyl groups is 1. The lowest BCUT2D eigenvalue weighted by atomic mass is 9.73. The van der Waals surface area contributed by atoms with E-state index >= 15 is 0 Å². The largest absolute Gasteiger partial charge is 0.382 e. The third kappa shape index (κ3) is 3.83. The van der Waals surface area contributed by atoms with Crippen molar-refractivity contribution in [2.24, 2.45) is 11.8 Å². The van der Waals surface area contributed by atoms with Crippen molar-refractivity contribution < 1.29 is 18.8 Å². The van der Waals surface area contributed by atoms with Gasteiger partial charge in [0.15, 0.2) is 0 Å². The van der Waals surface area contributed by atoms with Gasteiger partial charge in [0.25, 0.3) is 0 Å². The number of halogens is 2. The highest BCUT2D eigenvalue weighted by atomic mass is 35.5. The zero-order chi connectivity index (χ0) is 25.3. The fourth-order valence-corrected chi connectivity index (χ4v) is 7.95. The molecule has 0 aliphatic heterocycles. The van der Waals surface area contributed by atoms with Crippen molar-refractivity contribution in [2.75, 3.05) is 0 Å². The van der Waals surface area contributed by atoms with E-state index in [1.54, 1.807) is 18.5 Å². The molecular weight excluding hydrogens is 513 g/mol. The summed E-state index contributed by atoms with van der Waals surface area (Å²) in [5.41, 5.74) is 2.81. The molecule has 0 amide bonds. The molecule has 3 aliphatic rings. The molecule has 4 aromatic rings. The smallest absolute Gasteiger partial charge is 0.150 e. The quantitative estimate of drug-likeness (QED) is 0.286. The van der Waals surface area contributed by atoms with Crippen molar-refractivity contribution in [3.05, 3.63) is 63.3 Å². The van der Waals surface area contributed by atoms with Crippen molar-refractivity contribution in [3.63, 3.8) is 0 Å². The van der Waals surface area contributed by atoms with Crippen LogP contribution < -0.4 is 0 Å². The van der Waals surface area contributed by atoms with E-state index in [2.05, 4.69) is 15.1 Å². The van der Waals surface area contributed by atoms with E-state index in [4.69, 9.17) is 20.9 Å². The summed E-state index contributed by atoms with van der Waals surface area (Å²) in [6.07, 6.45) is 8.90. The lowest BCUT2D eigenvalue weighted by Crippen LogP contribution is -2.44. The molecule has 1 aromatic carbocycles. The highest BCUT2D eigenvalue weighted by Crippen LogP contribution is 2.57. The minimum atomic E-state index is -1.03. The fraction of sp³-hybridized carbons (Fsp3) is 0.464. The molecule has 3 fully saturated rings. The number of para-hydroxylation sites is 1. The number of aryl methyl sites for hydroxylation is 1. The number of hydrogen-bond acceptors (Lipinski definition) is 7. The van der Waals surface area contributed by atoms with Gasteiger partial charge in [0.1, 0.15) is 33.4 Å². The Balaban J connectivity index is 1.14. The third-order valence-corrected chi connectivity index (χ3v) is 9.92. The first-order valence-corrected chi connectivity index (χ1v) is 14.1. The van der Waals surface area contributed by atoms with Gasteiger partial charge < -0.3 is 14.4 Å². The van der Waals surface area contributed by atoms with Crippen molar-refractivity contribution in [3.8, 4) is 11.3 Å². The van der Waals surface area contributed by atoms with Crippen LogP contribution >= 0.6 is 22.9 Å². The molecule has 0 spiro atoms. The van der Waals surface area contributed by atoms with E-state index in [-0.39, 0.29) is 23.8 Å². The maximum atomic E-state index is 14.3. The molecule has 3 heterocycles. The molecule has 6 nitrogen and oxygen atoms in total. The average molecular weight is 540 g/mol. The predicted octanol–water partition coefficient (Wildman–Crippen LogP) is 6.92. The van der Waals surface area contributed by atoms with Crippen LogP contribution in [0.2, 0.25) is 5.02 Å². The van der Waals surface area contributed by atoms with Gasteiger partial charge >= 0.3 is 0 Å². The van der Waals surface area contributed by atoms with E-state index in [9.17, 15) is 9.50 Å². The average Bonchev–Trinajstić information content (AvgIpc) is 3.45. The lowest BCUT2D eigenvalue weighted by molar-refractivity contribution is -0.116. The maximum absolute atomic E-state index is 14.3. The van der Waals surface area contributed by atoms with Gasteiger partial charge in [-0.15, -0.1) is 11.3 Å². The normalized spacial score (nSPS) is 27.3. The Morgan fingerprint density at radius 3 is 2.68 bits per heavy atom. The third-order valence-electron chi connectivity index (χ3n) is 8.47. The Labute approximate surface area is 222 Å². The fourth-order valence-electron chi connectivity index (χ4n) is 6.43. The maximum Gasteiger partial charge on any atom is 0.150 e. The number of rotatable bonds is 6. The first kappa shape index (κ1) is 23.7. The van der Waals surface area contributed by atoms with Gasteiger partial charge in [-0.05, 0) is 75.0 Å². The summed E-state index contributed by atoms with van der Waals surface area (Å²) in [6.45, 7) is 2.36. The van der Waals surface area contributed by atoms with Crippen LogP contribution in [0.1, 0.15) is 66.3 Å². The number of ether oxygens (including phenoxy) is 1. The van der Waals surface area contributed by atoms with E-state index in [0.717, 1.165) is 71.4 Å². The van der Waals surface area contributed by atoms with Crippen molar-refractivity contribution in [1.82, 2.24) is 15.1 Å². The molecule has 3 aliphatic carbocycles. The molecule has 192 valence electrons. The van der Waals surface area contributed by atoms with Crippen molar-refractivity contribution >= 4 is 33.2 Å². The van der Waals surface area contributed by atoms with Gasteiger partial charge in [-0.3, -0.25) is 4.98 Å². The van der Waals surface area contributed by atoms with E-state index in [1.165, 1.54) is 17.4 Å². The Bertz CT molecular complexity index is 1470. The Kier molecular flexibility index (Phi) is 5.66. The SMILES string of the molecule is Cc1cncc(Cl)c1-c1noc(C2CC2)c1COC1C[C@H]2CC[C@@H](C1)C2(O)c1nc2c(F)cccc2s1. The second-order valence-electron chi connectivity index (χ2n) is 10.8. The van der Waals surface area contributed by atoms with E-state index in [0.29, 0.717) is 28.1 Å². The zero-order valence-corrected chi connectivity index (χ0v) is 22.0. The standard InChI is InChI=1S/C28H27ClFN3O3S/c1-14-11-31-12-20(29)23(14)24-19(26(36-33-24)15-5-6-15)13-35-18-9-16-7-8-17(10-18)28(16,34)27-32-25-21(30)3-2-4-22(25)37-27/h2-4,11-12,15-18,34H,5-10,13H2,1H3/t16-,17+,18?,28?. The predicted molar refractivity (Wildman–Crippen MR) is 139 cm³/mol. The molecule has 0 radical (unpaired) electrons. The highest BCUT2D eigenvalue weighted by molar-refractivity contribution is 7.18. The number of aromatic nitrogens is 3. The Morgan fingerprint density at radius 1 is 1.19 bits per heavy atom. The molecule has 2 unspecified atom stereocenters. The van der Waals surface area contributed by atoms with Crippen LogP contribution in [-0.4, -0.2) is 26.3 Å². The number of nitrogens with zero attached hydrogens (tertiary/aromatic N) is 3. The summed E-state index contributed by atoms with van der Waals surface area (Å²) in [5, 5.41) is 17.5. The van der Waals surface area contributed by atoms with Crippen LogP contribution in [0, 0.1) is 24.6 Å². The van der Waals surface area contributed by atoms with Gasteiger partial charge in [-0.1, -0.05) is 22.8 Å². The number of fused-ring (bicyclic) bond motifs is 3. The summed E-state index contributed by atoms with van der Waals surface area (Å²) in [7, 11) is 0. The minimum absolute atomic E-state index is 0.00713. The molecule has 3 saturated carbocycles. The van der Waals surface area contributed by atoms with Crippen LogP contribution in [0.15, 0.2) is 35.1 Å². The van der Waals surface area contributed by atoms with Gasteiger partial charge in [0, 0.05) is 29.4 Å². The summed E-state index contributed by atoms with van der Waals surface area (Å²) >= 11 is 7.93. The molecular formula is C28H27ClFN3O3S. The molecule has 9 heteroatoms. The first-order chi connectivity index (χ1) is 17.9. The monoisotopic (exact) mass is 539 g/mol. The Morgan fingerprint density at radius 2 is 1.97 bits per heavy atom. The second-order valence-corrected chi connectivity index (χ2v) is 12.2. The summed E-state index contributed by atoms with van der Waals surface area (Å²) in [4.78, 5) is 8.76. The van der Waals surface area contributed by atoms with Crippen LogP contribution in [0.3, 0.4) is 0 Å². The molecule has 4 atom stereocenters. The van der Waals surface area contributed by atoms with Gasteiger partial charge in [0.2, 0.25) is 0 Å². The number of hydrogen-bond donors (Lipinski definition) is 1. The summed E-state index contributed by atoms with van der Waals surface area (Å²) in [5.74, 6) is 0.999. The minimum Gasteiger partial charge on any atom is -0.382 e. The van der Waals surface area contributed by atoms with Crippen LogP contribution in [0.4, 0.5) is 4.39 Å². The Hall–Kier alpha value is -2.39. The number of pyridine rings is 1. The van der Waals surface area contributed by atoms with Crippen molar-refractivity contribution in [1.29, 1.82) is 0 Å². The molecule has 7 rings (SSSR count). The highest BCUT2D eigenvalue weighted by Gasteiger charge is 2.56. The van der Waals surface area contributed by atoms with Gasteiger partial charge in [0.05, 0.1) is 22.4 Å². The zero-order valence-electron chi connectivity index (χ0n) is 20.4. The number of benzene rings is 1.